The molecule has 0 bridgehead atoms. The lowest BCUT2D eigenvalue weighted by Gasteiger charge is -1.94. The highest BCUT2D eigenvalue weighted by Gasteiger charge is 1.95. The Morgan fingerprint density at radius 1 is 1.36 bits per heavy atom. The van der Waals surface area contributed by atoms with Gasteiger partial charge >= 0.3 is 0 Å². The lowest BCUT2D eigenvalue weighted by atomic mass is 10.1. The zero-order valence-electron chi connectivity index (χ0n) is 5.86. The van der Waals surface area contributed by atoms with Crippen LogP contribution in [0.3, 0.4) is 0 Å². The van der Waals surface area contributed by atoms with Crippen molar-refractivity contribution in [2.45, 2.75) is 0 Å². The molecule has 0 spiro atoms. The summed E-state index contributed by atoms with van der Waals surface area (Å²) in [6.07, 6.45) is 0. The predicted molar refractivity (Wildman–Crippen MR) is 49.0 cm³/mol. The molecule has 11 heavy (non-hydrogen) atoms. The first-order chi connectivity index (χ1) is 5.38. The van der Waals surface area contributed by atoms with Crippen molar-refractivity contribution in [3.8, 4) is 6.07 Å². The van der Waals surface area contributed by atoms with Crippen molar-refractivity contribution in [1.82, 2.24) is 0 Å². The monoisotopic (exact) mass is 161 g/mol. The first kappa shape index (κ1) is 7.90. The standard InChI is InChI=1S/C9H7NS/c10-6-9(7-11)8-4-2-1-3-5-8/h1-5,7,11H/b9-7+. The van der Waals surface area contributed by atoms with Crippen LogP contribution in [0.1, 0.15) is 5.56 Å². The average molecular weight is 161 g/mol. The molecular formula is C9H7NS. The molecular weight excluding hydrogens is 154 g/mol. The zero-order valence-corrected chi connectivity index (χ0v) is 6.75. The number of hydrogen-bond acceptors (Lipinski definition) is 2. The molecule has 0 aliphatic heterocycles. The molecule has 1 rings (SSSR count). The molecule has 0 N–H and O–H groups in total. The van der Waals surface area contributed by atoms with E-state index in [0.717, 1.165) is 5.56 Å². The van der Waals surface area contributed by atoms with Gasteiger partial charge in [-0.25, -0.2) is 0 Å². The van der Waals surface area contributed by atoms with Gasteiger partial charge in [-0.05, 0) is 11.0 Å². The molecule has 0 saturated carbocycles. The lowest BCUT2D eigenvalue weighted by molar-refractivity contribution is 1.52. The molecule has 0 aromatic heterocycles. The van der Waals surface area contributed by atoms with Gasteiger partial charge in [0.2, 0.25) is 0 Å². The maximum Gasteiger partial charge on any atom is 0.100 e. The second-order valence-corrected chi connectivity index (χ2v) is 2.28. The number of hydrogen-bond donors (Lipinski definition) is 1. The van der Waals surface area contributed by atoms with Crippen molar-refractivity contribution < 1.29 is 0 Å². The molecule has 0 aliphatic rings. The summed E-state index contributed by atoms with van der Waals surface area (Å²) in [7, 11) is 0. The molecule has 2 heteroatoms. The van der Waals surface area contributed by atoms with E-state index in [-0.39, 0.29) is 0 Å². The Labute approximate surface area is 71.4 Å². The number of allylic oxidation sites excluding steroid dienone is 1. The Morgan fingerprint density at radius 3 is 2.45 bits per heavy atom. The van der Waals surface area contributed by atoms with Gasteiger partial charge in [0.25, 0.3) is 0 Å². The van der Waals surface area contributed by atoms with Gasteiger partial charge in [-0.3, -0.25) is 0 Å². The van der Waals surface area contributed by atoms with E-state index in [9.17, 15) is 0 Å². The third-order valence-electron chi connectivity index (χ3n) is 1.33. The number of nitriles is 1. The third kappa shape index (κ3) is 1.86. The zero-order chi connectivity index (χ0) is 8.10. The Hall–Kier alpha value is -1.20. The number of rotatable bonds is 1. The summed E-state index contributed by atoms with van der Waals surface area (Å²) < 4.78 is 0. The minimum Gasteiger partial charge on any atom is -0.192 e. The van der Waals surface area contributed by atoms with Gasteiger partial charge in [0, 0.05) is 0 Å². The molecule has 54 valence electrons. The molecule has 1 nitrogen and oxygen atoms in total. The first-order valence-corrected chi connectivity index (χ1v) is 3.70. The van der Waals surface area contributed by atoms with Crippen LogP contribution in [0, 0.1) is 11.3 Å². The Morgan fingerprint density at radius 2 is 2.00 bits per heavy atom. The minimum atomic E-state index is 0.592. The molecule has 1 aromatic carbocycles. The molecule has 0 unspecified atom stereocenters. The van der Waals surface area contributed by atoms with Crippen molar-refractivity contribution in [1.29, 1.82) is 5.26 Å². The number of benzene rings is 1. The molecule has 0 saturated heterocycles. The summed E-state index contributed by atoms with van der Waals surface area (Å²) in [4.78, 5) is 0. The van der Waals surface area contributed by atoms with Crippen LogP contribution in [0.25, 0.3) is 5.57 Å². The van der Waals surface area contributed by atoms with Crippen LogP contribution >= 0.6 is 12.6 Å². The molecule has 1 aromatic rings. The van der Waals surface area contributed by atoms with E-state index in [1.807, 2.05) is 30.3 Å². The van der Waals surface area contributed by atoms with E-state index < -0.39 is 0 Å². The SMILES string of the molecule is N#C/C(=C\S)c1ccccc1. The van der Waals surface area contributed by atoms with Crippen molar-refractivity contribution in [2.75, 3.05) is 0 Å². The van der Waals surface area contributed by atoms with Gasteiger partial charge in [0.05, 0.1) is 5.57 Å². The summed E-state index contributed by atoms with van der Waals surface area (Å²) >= 11 is 3.92. The van der Waals surface area contributed by atoms with Gasteiger partial charge in [-0.2, -0.15) is 17.9 Å². The van der Waals surface area contributed by atoms with Gasteiger partial charge in [0.1, 0.15) is 6.07 Å². The highest BCUT2D eigenvalue weighted by molar-refractivity contribution is 7.83. The Bertz CT molecular complexity index is 295. The molecule has 0 atom stereocenters. The van der Waals surface area contributed by atoms with Crippen LogP contribution in [0.15, 0.2) is 35.7 Å². The van der Waals surface area contributed by atoms with Crippen LogP contribution in [0.2, 0.25) is 0 Å². The van der Waals surface area contributed by atoms with Gasteiger partial charge < -0.3 is 0 Å². The fourth-order valence-electron chi connectivity index (χ4n) is 0.786. The highest BCUT2D eigenvalue weighted by Crippen LogP contribution is 2.12. The van der Waals surface area contributed by atoms with E-state index in [4.69, 9.17) is 5.26 Å². The van der Waals surface area contributed by atoms with E-state index in [0.29, 0.717) is 5.57 Å². The summed E-state index contributed by atoms with van der Waals surface area (Å²) in [5, 5.41) is 10.1. The quantitative estimate of drug-likeness (QED) is 0.496. The van der Waals surface area contributed by atoms with Crippen molar-refractivity contribution >= 4 is 18.2 Å². The average Bonchev–Trinajstić information content (AvgIpc) is 2.09. The lowest BCUT2D eigenvalue weighted by Crippen LogP contribution is -1.77. The van der Waals surface area contributed by atoms with Gasteiger partial charge in [0.15, 0.2) is 0 Å². The van der Waals surface area contributed by atoms with Gasteiger partial charge in [-0.15, -0.1) is 0 Å². The number of thiol groups is 1. The molecule has 0 radical (unpaired) electrons. The van der Waals surface area contributed by atoms with E-state index >= 15 is 0 Å². The summed E-state index contributed by atoms with van der Waals surface area (Å²) in [5.41, 5.74) is 1.50. The van der Waals surface area contributed by atoms with E-state index in [2.05, 4.69) is 18.7 Å². The largest absolute Gasteiger partial charge is 0.192 e. The van der Waals surface area contributed by atoms with E-state index in [1.54, 1.807) is 0 Å². The number of nitrogens with zero attached hydrogens (tertiary/aromatic N) is 1. The summed E-state index contributed by atoms with van der Waals surface area (Å²) in [5.74, 6) is 0. The minimum absolute atomic E-state index is 0.592. The molecule has 0 fully saturated rings. The fraction of sp³-hybridized carbons (Fsp3) is 0. The summed E-state index contributed by atoms with van der Waals surface area (Å²) in [6.45, 7) is 0. The van der Waals surface area contributed by atoms with Gasteiger partial charge in [-0.1, -0.05) is 30.3 Å². The van der Waals surface area contributed by atoms with Crippen LogP contribution in [0.5, 0.6) is 0 Å². The van der Waals surface area contributed by atoms with Crippen molar-refractivity contribution in [3.63, 3.8) is 0 Å². The first-order valence-electron chi connectivity index (χ1n) is 3.18. The molecule has 0 amide bonds. The maximum atomic E-state index is 8.61. The van der Waals surface area contributed by atoms with Crippen LogP contribution in [-0.2, 0) is 0 Å². The topological polar surface area (TPSA) is 23.8 Å². The normalized spacial score (nSPS) is 10.7. The highest BCUT2D eigenvalue weighted by atomic mass is 32.1. The van der Waals surface area contributed by atoms with Crippen LogP contribution in [0.4, 0.5) is 0 Å². The fourth-order valence-corrected chi connectivity index (χ4v) is 0.992. The maximum absolute atomic E-state index is 8.61. The third-order valence-corrected chi connectivity index (χ3v) is 1.59. The van der Waals surface area contributed by atoms with Crippen molar-refractivity contribution in [2.24, 2.45) is 0 Å². The smallest absolute Gasteiger partial charge is 0.100 e. The molecule has 0 aliphatic carbocycles. The van der Waals surface area contributed by atoms with Crippen LogP contribution < -0.4 is 0 Å². The second-order valence-electron chi connectivity index (χ2n) is 2.02. The van der Waals surface area contributed by atoms with E-state index in [1.165, 1.54) is 5.41 Å². The Balaban J connectivity index is 3.05. The van der Waals surface area contributed by atoms with Crippen molar-refractivity contribution in [3.05, 3.63) is 41.3 Å². The second kappa shape index (κ2) is 3.85. The summed E-state index contributed by atoms with van der Waals surface area (Å²) in [6, 6.07) is 11.5. The van der Waals surface area contributed by atoms with Crippen LogP contribution in [-0.4, -0.2) is 0 Å². The Kier molecular flexibility index (Phi) is 2.76. The predicted octanol–water partition coefficient (Wildman–Crippen LogP) is 2.48. The molecule has 0 heterocycles.